The van der Waals surface area contributed by atoms with E-state index in [1.54, 1.807) is 0 Å². The SMILES string of the molecule is CCN1C(=O)NC2(CCCC(C)C2)C1=O. The van der Waals surface area contributed by atoms with Gasteiger partial charge in [-0.1, -0.05) is 19.8 Å². The molecule has 0 aromatic rings. The molecule has 1 heterocycles. The summed E-state index contributed by atoms with van der Waals surface area (Å²) in [5, 5.41) is 2.89. The minimum Gasteiger partial charge on any atom is -0.323 e. The number of carbonyl (C=O) groups is 2. The second-order valence-electron chi connectivity index (χ2n) is 4.76. The van der Waals surface area contributed by atoms with E-state index in [9.17, 15) is 9.59 Å². The number of hydrogen-bond donors (Lipinski definition) is 1. The normalized spacial score (nSPS) is 36.1. The van der Waals surface area contributed by atoms with Crippen molar-refractivity contribution in [1.29, 1.82) is 0 Å². The lowest BCUT2D eigenvalue weighted by Gasteiger charge is -2.34. The van der Waals surface area contributed by atoms with Gasteiger partial charge in [-0.2, -0.15) is 0 Å². The van der Waals surface area contributed by atoms with Crippen molar-refractivity contribution in [2.24, 2.45) is 5.92 Å². The molecule has 1 N–H and O–H groups in total. The average Bonchev–Trinajstić information content (AvgIpc) is 2.38. The summed E-state index contributed by atoms with van der Waals surface area (Å²) in [5.74, 6) is 0.515. The maximum atomic E-state index is 12.1. The van der Waals surface area contributed by atoms with Gasteiger partial charge in [-0.15, -0.1) is 0 Å². The highest BCUT2D eigenvalue weighted by Gasteiger charge is 2.51. The molecular weight excluding hydrogens is 192 g/mol. The van der Waals surface area contributed by atoms with Crippen molar-refractivity contribution < 1.29 is 9.59 Å². The van der Waals surface area contributed by atoms with Crippen molar-refractivity contribution >= 4 is 11.9 Å². The van der Waals surface area contributed by atoms with Crippen LogP contribution in [0.25, 0.3) is 0 Å². The molecular formula is C11H18N2O2. The molecule has 0 radical (unpaired) electrons. The molecule has 1 spiro atoms. The first kappa shape index (κ1) is 10.5. The van der Waals surface area contributed by atoms with Crippen molar-refractivity contribution in [2.45, 2.75) is 45.1 Å². The summed E-state index contributed by atoms with van der Waals surface area (Å²) in [6.07, 6.45) is 3.80. The second-order valence-corrected chi connectivity index (χ2v) is 4.76. The minimum absolute atomic E-state index is 0.0125. The number of urea groups is 1. The molecule has 1 aliphatic carbocycles. The molecule has 1 saturated carbocycles. The third kappa shape index (κ3) is 1.52. The minimum atomic E-state index is -0.565. The summed E-state index contributed by atoms with van der Waals surface area (Å²) in [6.45, 7) is 4.46. The van der Waals surface area contributed by atoms with E-state index in [-0.39, 0.29) is 11.9 Å². The summed E-state index contributed by atoms with van der Waals surface area (Å²) in [6, 6.07) is -0.211. The molecule has 4 heteroatoms. The van der Waals surface area contributed by atoms with E-state index in [2.05, 4.69) is 12.2 Å². The van der Waals surface area contributed by atoms with Crippen LogP contribution < -0.4 is 5.32 Å². The highest BCUT2D eigenvalue weighted by atomic mass is 16.2. The lowest BCUT2D eigenvalue weighted by molar-refractivity contribution is -0.132. The van der Waals surface area contributed by atoms with Crippen molar-refractivity contribution in [2.75, 3.05) is 6.54 Å². The van der Waals surface area contributed by atoms with Crippen LogP contribution in [0.5, 0.6) is 0 Å². The van der Waals surface area contributed by atoms with E-state index in [0.29, 0.717) is 12.5 Å². The molecule has 1 saturated heterocycles. The molecule has 2 rings (SSSR count). The van der Waals surface area contributed by atoms with Gasteiger partial charge in [-0.3, -0.25) is 9.69 Å². The largest absolute Gasteiger partial charge is 0.325 e. The molecule has 0 aromatic heterocycles. The summed E-state index contributed by atoms with van der Waals surface area (Å²) < 4.78 is 0. The van der Waals surface area contributed by atoms with Gasteiger partial charge in [0.1, 0.15) is 5.54 Å². The van der Waals surface area contributed by atoms with Crippen molar-refractivity contribution in [3.05, 3.63) is 0 Å². The average molecular weight is 210 g/mol. The number of imide groups is 1. The molecule has 2 unspecified atom stereocenters. The number of nitrogens with one attached hydrogen (secondary N) is 1. The van der Waals surface area contributed by atoms with E-state index in [1.165, 1.54) is 4.90 Å². The number of rotatable bonds is 1. The quantitative estimate of drug-likeness (QED) is 0.667. The Morgan fingerprint density at radius 2 is 2.27 bits per heavy atom. The molecule has 2 fully saturated rings. The van der Waals surface area contributed by atoms with Crippen LogP contribution in [0.15, 0.2) is 0 Å². The number of likely N-dealkylation sites (N-methyl/N-ethyl adjacent to an activating group) is 1. The Hall–Kier alpha value is -1.06. The Bertz CT molecular complexity index is 303. The lowest BCUT2D eigenvalue weighted by atomic mass is 9.76. The smallest absolute Gasteiger partial charge is 0.323 e. The molecule has 2 aliphatic rings. The third-order valence-electron chi connectivity index (χ3n) is 3.56. The fourth-order valence-corrected chi connectivity index (χ4v) is 2.82. The number of carbonyl (C=O) groups excluding carboxylic acids is 2. The molecule has 0 bridgehead atoms. The van der Waals surface area contributed by atoms with Gasteiger partial charge in [0, 0.05) is 6.54 Å². The molecule has 4 nitrogen and oxygen atoms in total. The van der Waals surface area contributed by atoms with E-state index in [4.69, 9.17) is 0 Å². The predicted molar refractivity (Wildman–Crippen MR) is 56.3 cm³/mol. The van der Waals surface area contributed by atoms with E-state index >= 15 is 0 Å². The van der Waals surface area contributed by atoms with Crippen molar-refractivity contribution in [3.8, 4) is 0 Å². The van der Waals surface area contributed by atoms with Crippen molar-refractivity contribution in [3.63, 3.8) is 0 Å². The van der Waals surface area contributed by atoms with Crippen LogP contribution >= 0.6 is 0 Å². The monoisotopic (exact) mass is 210 g/mol. The number of hydrogen-bond acceptors (Lipinski definition) is 2. The number of nitrogens with zero attached hydrogens (tertiary/aromatic N) is 1. The van der Waals surface area contributed by atoms with Crippen LogP contribution in [-0.4, -0.2) is 28.9 Å². The highest BCUT2D eigenvalue weighted by Crippen LogP contribution is 2.36. The Labute approximate surface area is 90.0 Å². The Morgan fingerprint density at radius 3 is 2.80 bits per heavy atom. The van der Waals surface area contributed by atoms with E-state index in [0.717, 1.165) is 25.7 Å². The van der Waals surface area contributed by atoms with Gasteiger partial charge in [0.25, 0.3) is 5.91 Å². The highest BCUT2D eigenvalue weighted by molar-refractivity contribution is 6.07. The zero-order chi connectivity index (χ0) is 11.1. The maximum Gasteiger partial charge on any atom is 0.325 e. The standard InChI is InChI=1S/C11H18N2O2/c1-3-13-9(14)11(12-10(13)15)6-4-5-8(2)7-11/h8H,3-7H2,1-2H3,(H,12,15). The summed E-state index contributed by atoms with van der Waals surface area (Å²) >= 11 is 0. The van der Waals surface area contributed by atoms with Crippen LogP contribution in [0.2, 0.25) is 0 Å². The van der Waals surface area contributed by atoms with Crippen LogP contribution in [0.4, 0.5) is 4.79 Å². The van der Waals surface area contributed by atoms with Crippen LogP contribution in [0.3, 0.4) is 0 Å². The van der Waals surface area contributed by atoms with Gasteiger partial charge in [-0.05, 0) is 25.7 Å². The van der Waals surface area contributed by atoms with Gasteiger partial charge < -0.3 is 5.32 Å². The zero-order valence-corrected chi connectivity index (χ0v) is 9.38. The first-order valence-electron chi connectivity index (χ1n) is 5.73. The zero-order valence-electron chi connectivity index (χ0n) is 9.38. The molecule has 1 aliphatic heterocycles. The maximum absolute atomic E-state index is 12.1. The van der Waals surface area contributed by atoms with E-state index < -0.39 is 5.54 Å². The van der Waals surface area contributed by atoms with Crippen LogP contribution in [0.1, 0.15) is 39.5 Å². The first-order chi connectivity index (χ1) is 7.09. The Kier molecular flexibility index (Phi) is 2.44. The number of amides is 3. The van der Waals surface area contributed by atoms with Gasteiger partial charge in [-0.25, -0.2) is 4.79 Å². The Morgan fingerprint density at radius 1 is 1.53 bits per heavy atom. The van der Waals surface area contributed by atoms with Gasteiger partial charge in [0.05, 0.1) is 0 Å². The second kappa shape index (κ2) is 3.51. The molecule has 0 aromatic carbocycles. The van der Waals surface area contributed by atoms with Crippen LogP contribution in [-0.2, 0) is 4.79 Å². The summed E-state index contributed by atoms with van der Waals surface area (Å²) in [5.41, 5.74) is -0.565. The van der Waals surface area contributed by atoms with Gasteiger partial charge >= 0.3 is 6.03 Å². The van der Waals surface area contributed by atoms with Gasteiger partial charge in [0.2, 0.25) is 0 Å². The predicted octanol–water partition coefficient (Wildman–Crippen LogP) is 1.51. The Balaban J connectivity index is 2.22. The summed E-state index contributed by atoms with van der Waals surface area (Å²) in [7, 11) is 0. The molecule has 84 valence electrons. The van der Waals surface area contributed by atoms with E-state index in [1.807, 2.05) is 6.92 Å². The topological polar surface area (TPSA) is 49.4 Å². The fourth-order valence-electron chi connectivity index (χ4n) is 2.82. The third-order valence-corrected chi connectivity index (χ3v) is 3.56. The van der Waals surface area contributed by atoms with Gasteiger partial charge in [0.15, 0.2) is 0 Å². The summed E-state index contributed by atoms with van der Waals surface area (Å²) in [4.78, 5) is 25.0. The molecule has 15 heavy (non-hydrogen) atoms. The first-order valence-corrected chi connectivity index (χ1v) is 5.73. The lowest BCUT2D eigenvalue weighted by Crippen LogP contribution is -2.50. The van der Waals surface area contributed by atoms with Crippen LogP contribution in [0, 0.1) is 5.92 Å². The fraction of sp³-hybridized carbons (Fsp3) is 0.818. The molecule has 3 amide bonds. The van der Waals surface area contributed by atoms with Crippen molar-refractivity contribution in [1.82, 2.24) is 10.2 Å². The molecule has 2 atom stereocenters.